The van der Waals surface area contributed by atoms with E-state index in [-0.39, 0.29) is 16.1 Å². The van der Waals surface area contributed by atoms with Crippen molar-refractivity contribution in [2.45, 2.75) is 35.1 Å². The SMILES string of the molecule is CC1=C=C=C(NS(=O)(=O)c2ccc(NC(=O)c3ccc4c(c3)NC(O)C(C)S4)cc2)C=C1. The highest BCUT2D eigenvalue weighted by Crippen LogP contribution is 2.37. The topological polar surface area (TPSA) is 108 Å². The minimum Gasteiger partial charge on any atom is -0.373 e. The third kappa shape index (κ3) is 4.83. The van der Waals surface area contributed by atoms with Gasteiger partial charge in [0.15, 0.2) is 0 Å². The molecule has 0 saturated carbocycles. The molecule has 2 unspecified atom stereocenters. The number of sulfonamides is 1. The summed E-state index contributed by atoms with van der Waals surface area (Å²) in [5.41, 5.74) is 8.30. The number of carbonyl (C=O) groups excluding carboxylic acids is 1. The number of thioether (sulfide) groups is 1. The number of fused-ring (bicyclic) bond motifs is 1. The minimum atomic E-state index is -3.79. The summed E-state index contributed by atoms with van der Waals surface area (Å²) >= 11 is 1.54. The Morgan fingerprint density at radius 2 is 1.88 bits per heavy atom. The smallest absolute Gasteiger partial charge is 0.262 e. The van der Waals surface area contributed by atoms with Crippen molar-refractivity contribution in [3.8, 4) is 0 Å². The first-order valence-electron chi connectivity index (χ1n) is 9.81. The van der Waals surface area contributed by atoms with E-state index < -0.39 is 16.3 Å². The molecule has 7 nitrogen and oxygen atoms in total. The van der Waals surface area contributed by atoms with Gasteiger partial charge >= 0.3 is 0 Å². The molecule has 32 heavy (non-hydrogen) atoms. The van der Waals surface area contributed by atoms with Crippen LogP contribution in [-0.2, 0) is 10.0 Å². The lowest BCUT2D eigenvalue weighted by Gasteiger charge is -2.28. The van der Waals surface area contributed by atoms with E-state index in [2.05, 4.69) is 26.8 Å². The molecule has 2 aromatic rings. The first kappa shape index (κ1) is 22.0. The summed E-state index contributed by atoms with van der Waals surface area (Å²) < 4.78 is 27.6. The second-order valence-electron chi connectivity index (χ2n) is 7.39. The molecule has 1 amide bonds. The fourth-order valence-corrected chi connectivity index (χ4v) is 5.08. The summed E-state index contributed by atoms with van der Waals surface area (Å²) in [7, 11) is -3.79. The molecule has 164 valence electrons. The van der Waals surface area contributed by atoms with Gasteiger partial charge in [-0.05, 0) is 79.8 Å². The largest absolute Gasteiger partial charge is 0.373 e. The van der Waals surface area contributed by atoms with E-state index in [1.807, 2.05) is 19.9 Å². The maximum absolute atomic E-state index is 12.6. The molecule has 0 spiro atoms. The normalized spacial score (nSPS) is 19.3. The predicted octanol–water partition coefficient (Wildman–Crippen LogP) is 3.60. The number of hydrogen-bond acceptors (Lipinski definition) is 6. The van der Waals surface area contributed by atoms with Crippen LogP contribution in [0.1, 0.15) is 24.2 Å². The van der Waals surface area contributed by atoms with E-state index in [9.17, 15) is 18.3 Å². The van der Waals surface area contributed by atoms with Gasteiger partial charge in [0.25, 0.3) is 15.9 Å². The monoisotopic (exact) mass is 467 g/mol. The van der Waals surface area contributed by atoms with Gasteiger partial charge in [0, 0.05) is 16.1 Å². The molecule has 2 atom stereocenters. The van der Waals surface area contributed by atoms with Crippen molar-refractivity contribution in [1.82, 2.24) is 4.72 Å². The van der Waals surface area contributed by atoms with Gasteiger partial charge < -0.3 is 15.7 Å². The molecule has 9 heteroatoms. The van der Waals surface area contributed by atoms with Gasteiger partial charge in [-0.3, -0.25) is 9.52 Å². The molecular formula is C23H21N3O4S2. The number of carbonyl (C=O) groups is 1. The standard InChI is InChI=1S/C23H21N3O4S2/c1-14-3-6-18(7-4-14)26-32(29,30)19-10-8-17(9-11-19)24-23(28)16-5-12-21-20(13-16)25-22(27)15(2)31-21/h3,5-6,8-13,15,22,25-27H,1-2H3,(H,24,28). The highest BCUT2D eigenvalue weighted by molar-refractivity contribution is 8.00. The lowest BCUT2D eigenvalue weighted by atomic mass is 10.1. The van der Waals surface area contributed by atoms with Crippen LogP contribution in [0.4, 0.5) is 11.4 Å². The summed E-state index contributed by atoms with van der Waals surface area (Å²) in [6.45, 7) is 3.76. The van der Waals surface area contributed by atoms with Crippen LogP contribution in [0, 0.1) is 0 Å². The van der Waals surface area contributed by atoms with Gasteiger partial charge in [0.1, 0.15) is 6.23 Å². The third-order valence-corrected chi connectivity index (χ3v) is 7.48. The number of nitrogens with one attached hydrogen (secondary N) is 3. The van der Waals surface area contributed by atoms with Crippen molar-refractivity contribution in [2.24, 2.45) is 0 Å². The molecular weight excluding hydrogens is 446 g/mol. The van der Waals surface area contributed by atoms with Gasteiger partial charge in [0.05, 0.1) is 21.5 Å². The summed E-state index contributed by atoms with van der Waals surface area (Å²) in [6.07, 6.45) is 2.66. The predicted molar refractivity (Wildman–Crippen MR) is 125 cm³/mol. The molecule has 0 radical (unpaired) electrons. The Bertz CT molecular complexity index is 1320. The van der Waals surface area contributed by atoms with Crippen LogP contribution >= 0.6 is 11.8 Å². The molecule has 0 fully saturated rings. The Labute approximate surface area is 190 Å². The van der Waals surface area contributed by atoms with Gasteiger partial charge in [-0.15, -0.1) is 11.8 Å². The lowest BCUT2D eigenvalue weighted by molar-refractivity contribution is 0.102. The molecule has 1 aliphatic heterocycles. The Balaban J connectivity index is 1.46. The van der Waals surface area contributed by atoms with Crippen LogP contribution in [-0.4, -0.2) is 30.9 Å². The van der Waals surface area contributed by atoms with E-state index in [0.29, 0.717) is 22.6 Å². The highest BCUT2D eigenvalue weighted by atomic mass is 32.2. The quantitative estimate of drug-likeness (QED) is 0.501. The van der Waals surface area contributed by atoms with Crippen molar-refractivity contribution < 1.29 is 18.3 Å². The number of hydrogen-bond donors (Lipinski definition) is 4. The number of rotatable bonds is 5. The number of aliphatic hydroxyl groups is 1. The maximum atomic E-state index is 12.6. The first-order valence-corrected chi connectivity index (χ1v) is 12.2. The summed E-state index contributed by atoms with van der Waals surface area (Å²) in [6, 6.07) is 11.1. The molecule has 4 N–H and O–H groups in total. The Morgan fingerprint density at radius 3 is 2.56 bits per heavy atom. The molecule has 0 aromatic heterocycles. The summed E-state index contributed by atoms with van der Waals surface area (Å²) in [5.74, 6) is -0.341. The minimum absolute atomic E-state index is 0.00786. The zero-order valence-electron chi connectivity index (χ0n) is 17.3. The van der Waals surface area contributed by atoms with Crippen molar-refractivity contribution in [3.05, 3.63) is 82.9 Å². The van der Waals surface area contributed by atoms with Crippen molar-refractivity contribution in [1.29, 1.82) is 0 Å². The van der Waals surface area contributed by atoms with E-state index in [0.717, 1.165) is 10.5 Å². The first-order chi connectivity index (χ1) is 15.2. The third-order valence-electron chi connectivity index (χ3n) is 4.86. The number of benzene rings is 2. The number of amides is 1. The summed E-state index contributed by atoms with van der Waals surface area (Å²) in [4.78, 5) is 13.7. The average Bonchev–Trinajstić information content (AvgIpc) is 2.76. The van der Waals surface area contributed by atoms with Crippen LogP contribution in [0.25, 0.3) is 0 Å². The molecule has 2 aromatic carbocycles. The molecule has 0 bridgehead atoms. The second kappa shape index (κ2) is 8.74. The zero-order valence-corrected chi connectivity index (χ0v) is 19.0. The van der Waals surface area contributed by atoms with E-state index in [1.54, 1.807) is 24.3 Å². The van der Waals surface area contributed by atoms with Gasteiger partial charge in [-0.1, -0.05) is 5.73 Å². The lowest BCUT2D eigenvalue weighted by Crippen LogP contribution is -2.32. The highest BCUT2D eigenvalue weighted by Gasteiger charge is 2.24. The van der Waals surface area contributed by atoms with E-state index in [1.165, 1.54) is 36.0 Å². The maximum Gasteiger partial charge on any atom is 0.262 e. The zero-order chi connectivity index (χ0) is 22.9. The fourth-order valence-electron chi connectivity index (χ4n) is 3.07. The van der Waals surface area contributed by atoms with Crippen LogP contribution < -0.4 is 15.4 Å². The molecule has 0 saturated heterocycles. The Hall–Kier alpha value is -3.19. The van der Waals surface area contributed by atoms with Gasteiger partial charge in [-0.2, -0.15) is 0 Å². The van der Waals surface area contributed by atoms with Gasteiger partial charge in [0.2, 0.25) is 0 Å². The van der Waals surface area contributed by atoms with Crippen LogP contribution in [0.5, 0.6) is 0 Å². The summed E-state index contributed by atoms with van der Waals surface area (Å²) in [5, 5.41) is 15.8. The van der Waals surface area contributed by atoms with Crippen LogP contribution in [0.2, 0.25) is 0 Å². The van der Waals surface area contributed by atoms with Gasteiger partial charge in [-0.25, -0.2) is 8.42 Å². The van der Waals surface area contributed by atoms with Crippen LogP contribution in [0.15, 0.2) is 87.1 Å². The number of anilines is 2. The number of aliphatic hydroxyl groups excluding tert-OH is 1. The fraction of sp³-hybridized carbons (Fsp3) is 0.174. The van der Waals surface area contributed by atoms with Crippen molar-refractivity contribution in [2.75, 3.05) is 10.6 Å². The average molecular weight is 468 g/mol. The molecule has 4 rings (SSSR count). The van der Waals surface area contributed by atoms with Crippen LogP contribution in [0.3, 0.4) is 0 Å². The van der Waals surface area contributed by atoms with E-state index in [4.69, 9.17) is 0 Å². The molecule has 1 heterocycles. The van der Waals surface area contributed by atoms with Crippen molar-refractivity contribution >= 4 is 39.1 Å². The molecule has 1 aliphatic carbocycles. The van der Waals surface area contributed by atoms with E-state index >= 15 is 0 Å². The molecule has 2 aliphatic rings. The number of allylic oxidation sites excluding steroid dienone is 3. The Morgan fingerprint density at radius 1 is 1.12 bits per heavy atom. The Kier molecular flexibility index (Phi) is 6.02. The van der Waals surface area contributed by atoms with Crippen molar-refractivity contribution in [3.63, 3.8) is 0 Å². The second-order valence-corrected chi connectivity index (χ2v) is 10.5.